The summed E-state index contributed by atoms with van der Waals surface area (Å²) >= 11 is 0. The van der Waals surface area contributed by atoms with Crippen molar-refractivity contribution in [1.29, 1.82) is 0 Å². The smallest absolute Gasteiger partial charge is 0.290 e. The summed E-state index contributed by atoms with van der Waals surface area (Å²) in [5.74, 6) is -0.0759. The zero-order valence-corrected chi connectivity index (χ0v) is 12.9. The van der Waals surface area contributed by atoms with Gasteiger partial charge in [0.1, 0.15) is 5.58 Å². The Kier molecular flexibility index (Phi) is 3.65. The molecule has 1 aromatic heterocycles. The van der Waals surface area contributed by atoms with Crippen LogP contribution in [-0.2, 0) is 4.74 Å². The van der Waals surface area contributed by atoms with Gasteiger partial charge in [0.25, 0.3) is 5.91 Å². The minimum Gasteiger partial charge on any atom is -0.451 e. The molecule has 4 rings (SSSR count). The van der Waals surface area contributed by atoms with Crippen molar-refractivity contribution < 1.29 is 13.9 Å². The van der Waals surface area contributed by atoms with Gasteiger partial charge in [-0.3, -0.25) is 9.59 Å². The fraction of sp³-hybridized carbons (Fsp3) is 0.444. The Labute approximate surface area is 133 Å². The van der Waals surface area contributed by atoms with Gasteiger partial charge in [0, 0.05) is 12.6 Å². The van der Waals surface area contributed by atoms with Crippen molar-refractivity contribution in [2.45, 2.75) is 37.8 Å². The molecule has 5 heteroatoms. The van der Waals surface area contributed by atoms with Crippen molar-refractivity contribution in [2.24, 2.45) is 0 Å². The lowest BCUT2D eigenvalue weighted by Gasteiger charge is -2.43. The van der Waals surface area contributed by atoms with Crippen LogP contribution >= 0.6 is 0 Å². The van der Waals surface area contributed by atoms with E-state index in [-0.39, 0.29) is 29.2 Å². The minimum atomic E-state index is -0.201. The van der Waals surface area contributed by atoms with Gasteiger partial charge < -0.3 is 14.1 Å². The van der Waals surface area contributed by atoms with Crippen LogP contribution in [0.5, 0.6) is 0 Å². The van der Waals surface area contributed by atoms with Gasteiger partial charge in [-0.15, -0.1) is 0 Å². The second-order valence-corrected chi connectivity index (χ2v) is 6.23. The van der Waals surface area contributed by atoms with E-state index in [1.807, 2.05) is 4.90 Å². The summed E-state index contributed by atoms with van der Waals surface area (Å²) < 4.78 is 11.5. The van der Waals surface area contributed by atoms with Crippen LogP contribution in [0.3, 0.4) is 0 Å². The first-order valence-electron chi connectivity index (χ1n) is 8.19. The number of para-hydroxylation sites is 1. The van der Waals surface area contributed by atoms with Gasteiger partial charge in [-0.2, -0.15) is 0 Å². The Morgan fingerprint density at radius 3 is 2.91 bits per heavy atom. The summed E-state index contributed by atoms with van der Waals surface area (Å²) in [7, 11) is 0. The van der Waals surface area contributed by atoms with Gasteiger partial charge in [0.15, 0.2) is 11.2 Å². The fourth-order valence-corrected chi connectivity index (χ4v) is 3.70. The molecule has 2 atom stereocenters. The monoisotopic (exact) mass is 313 g/mol. The number of nitrogens with zero attached hydrogens (tertiary/aromatic N) is 1. The van der Waals surface area contributed by atoms with E-state index in [0.29, 0.717) is 24.1 Å². The maximum Gasteiger partial charge on any atom is 0.290 e. The summed E-state index contributed by atoms with van der Waals surface area (Å²) in [5, 5.41) is 0.501. The third-order valence-electron chi connectivity index (χ3n) is 4.84. The van der Waals surface area contributed by atoms with E-state index in [1.54, 1.807) is 24.3 Å². The highest BCUT2D eigenvalue weighted by Crippen LogP contribution is 2.29. The molecule has 120 valence electrons. The maximum absolute atomic E-state index is 12.9. The van der Waals surface area contributed by atoms with Gasteiger partial charge in [-0.25, -0.2) is 0 Å². The quantitative estimate of drug-likeness (QED) is 0.812. The lowest BCUT2D eigenvalue weighted by Crippen LogP contribution is -2.54. The number of rotatable bonds is 1. The van der Waals surface area contributed by atoms with Gasteiger partial charge in [0.05, 0.1) is 24.1 Å². The molecule has 2 heterocycles. The number of ether oxygens (including phenoxy) is 1. The zero-order chi connectivity index (χ0) is 15.8. The highest BCUT2D eigenvalue weighted by atomic mass is 16.5. The number of amides is 1. The van der Waals surface area contributed by atoms with Crippen LogP contribution in [-0.4, -0.2) is 36.1 Å². The average Bonchev–Trinajstić information content (AvgIpc) is 2.60. The Morgan fingerprint density at radius 2 is 2.00 bits per heavy atom. The van der Waals surface area contributed by atoms with E-state index in [1.165, 1.54) is 6.07 Å². The summed E-state index contributed by atoms with van der Waals surface area (Å²) in [6, 6.07) is 8.43. The third-order valence-corrected chi connectivity index (χ3v) is 4.84. The van der Waals surface area contributed by atoms with Crippen LogP contribution in [0, 0.1) is 0 Å². The first-order chi connectivity index (χ1) is 11.2. The summed E-state index contributed by atoms with van der Waals surface area (Å²) in [4.78, 5) is 26.9. The number of benzene rings is 1. The molecule has 1 saturated carbocycles. The van der Waals surface area contributed by atoms with E-state index in [4.69, 9.17) is 9.15 Å². The predicted molar refractivity (Wildman–Crippen MR) is 85.5 cm³/mol. The molecule has 2 aliphatic rings. The second kappa shape index (κ2) is 5.81. The molecule has 0 spiro atoms. The number of morpholine rings is 1. The van der Waals surface area contributed by atoms with E-state index in [0.717, 1.165) is 25.7 Å². The molecule has 1 aromatic carbocycles. The molecule has 1 aliphatic carbocycles. The maximum atomic E-state index is 12.9. The molecule has 2 unspecified atom stereocenters. The van der Waals surface area contributed by atoms with E-state index >= 15 is 0 Å². The standard InChI is InChI=1S/C18H19NO4/c20-14-11-17(23-15-7-3-1-5-12(14)15)18(21)19-9-10-22-16-8-4-2-6-13(16)19/h1,3,5,7,11,13,16H,2,4,6,8-10H2. The summed E-state index contributed by atoms with van der Waals surface area (Å²) in [6.07, 6.45) is 4.32. The first-order valence-corrected chi connectivity index (χ1v) is 8.19. The molecule has 0 radical (unpaired) electrons. The molecular formula is C18H19NO4. The normalized spacial score (nSPS) is 24.4. The number of hydrogen-bond acceptors (Lipinski definition) is 4. The molecule has 23 heavy (non-hydrogen) atoms. The van der Waals surface area contributed by atoms with Gasteiger partial charge in [-0.1, -0.05) is 25.0 Å². The van der Waals surface area contributed by atoms with Crippen LogP contribution in [0.4, 0.5) is 0 Å². The van der Waals surface area contributed by atoms with Crippen LogP contribution in [0.25, 0.3) is 11.0 Å². The summed E-state index contributed by atoms with van der Waals surface area (Å²) in [5.41, 5.74) is 0.278. The van der Waals surface area contributed by atoms with Crippen LogP contribution in [0.2, 0.25) is 0 Å². The molecule has 1 saturated heterocycles. The van der Waals surface area contributed by atoms with Crippen molar-refractivity contribution in [1.82, 2.24) is 4.90 Å². The van der Waals surface area contributed by atoms with Crippen molar-refractivity contribution in [3.05, 3.63) is 46.3 Å². The lowest BCUT2D eigenvalue weighted by molar-refractivity contribution is -0.0759. The fourth-order valence-electron chi connectivity index (χ4n) is 3.70. The number of fused-ring (bicyclic) bond motifs is 2. The lowest BCUT2D eigenvalue weighted by atomic mass is 9.90. The van der Waals surface area contributed by atoms with Crippen LogP contribution in [0.1, 0.15) is 36.2 Å². The Bertz CT molecular complexity index is 795. The summed E-state index contributed by atoms with van der Waals surface area (Å²) in [6.45, 7) is 1.10. The largest absolute Gasteiger partial charge is 0.451 e. The van der Waals surface area contributed by atoms with Crippen molar-refractivity contribution in [3.8, 4) is 0 Å². The second-order valence-electron chi connectivity index (χ2n) is 6.23. The minimum absolute atomic E-state index is 0.0989. The SMILES string of the molecule is O=C(c1cc(=O)c2ccccc2o1)N1CCOC2CCCCC21. The third kappa shape index (κ3) is 2.55. The highest BCUT2D eigenvalue weighted by molar-refractivity contribution is 5.93. The predicted octanol–water partition coefficient (Wildman–Crippen LogP) is 2.58. The molecule has 5 nitrogen and oxygen atoms in total. The van der Waals surface area contributed by atoms with Gasteiger partial charge in [-0.05, 0) is 25.0 Å². The number of carbonyl (C=O) groups excluding carboxylic acids is 1. The molecule has 0 N–H and O–H groups in total. The number of carbonyl (C=O) groups is 1. The van der Waals surface area contributed by atoms with E-state index in [9.17, 15) is 9.59 Å². The number of hydrogen-bond donors (Lipinski definition) is 0. The van der Waals surface area contributed by atoms with Crippen LogP contribution in [0.15, 0.2) is 39.5 Å². The van der Waals surface area contributed by atoms with Crippen molar-refractivity contribution in [3.63, 3.8) is 0 Å². The first kappa shape index (κ1) is 14.5. The molecule has 1 aliphatic heterocycles. The van der Waals surface area contributed by atoms with Crippen molar-refractivity contribution >= 4 is 16.9 Å². The zero-order valence-electron chi connectivity index (χ0n) is 12.9. The topological polar surface area (TPSA) is 59.8 Å². The molecular weight excluding hydrogens is 294 g/mol. The van der Waals surface area contributed by atoms with Crippen LogP contribution < -0.4 is 5.43 Å². The molecule has 0 bridgehead atoms. The molecule has 2 aromatic rings. The van der Waals surface area contributed by atoms with Gasteiger partial charge >= 0.3 is 0 Å². The Balaban J connectivity index is 1.69. The van der Waals surface area contributed by atoms with E-state index in [2.05, 4.69) is 0 Å². The Hall–Kier alpha value is -2.14. The Morgan fingerprint density at radius 1 is 1.17 bits per heavy atom. The highest BCUT2D eigenvalue weighted by Gasteiger charge is 2.37. The van der Waals surface area contributed by atoms with E-state index < -0.39 is 0 Å². The van der Waals surface area contributed by atoms with Crippen molar-refractivity contribution in [2.75, 3.05) is 13.2 Å². The van der Waals surface area contributed by atoms with Gasteiger partial charge in [0.2, 0.25) is 0 Å². The molecule has 1 amide bonds. The average molecular weight is 313 g/mol. The molecule has 2 fully saturated rings.